The second-order valence-electron chi connectivity index (χ2n) is 6.95. The van der Waals surface area contributed by atoms with Crippen LogP contribution in [-0.4, -0.2) is 62.4 Å². The van der Waals surface area contributed by atoms with E-state index in [1.54, 1.807) is 0 Å². The topological polar surface area (TPSA) is 57.4 Å². The zero-order valence-corrected chi connectivity index (χ0v) is 15.5. The van der Waals surface area contributed by atoms with Crippen molar-refractivity contribution in [3.63, 3.8) is 0 Å². The summed E-state index contributed by atoms with van der Waals surface area (Å²) in [4.78, 5) is 4.72. The minimum Gasteiger partial charge on any atom is -0.387 e. The molecule has 0 unspecified atom stereocenters. The maximum absolute atomic E-state index is 10.4. The number of aliphatic hydroxyl groups is 1. The fourth-order valence-electron chi connectivity index (χ4n) is 3.67. The van der Waals surface area contributed by atoms with Crippen LogP contribution in [-0.2, 0) is 13.1 Å². The number of β-amino-alcohol motifs (C(OH)–C–C–N with tert-alkyl or cyclic N) is 1. The third-order valence-electron chi connectivity index (χ3n) is 5.21. The van der Waals surface area contributed by atoms with Gasteiger partial charge in [-0.05, 0) is 39.4 Å². The predicted molar refractivity (Wildman–Crippen MR) is 98.1 cm³/mol. The van der Waals surface area contributed by atoms with Crippen LogP contribution in [0.25, 0.3) is 0 Å². The Balaban J connectivity index is 1.53. The van der Waals surface area contributed by atoms with Gasteiger partial charge in [0.2, 0.25) is 0 Å². The first-order chi connectivity index (χ1) is 12.1. The molecule has 1 aliphatic rings. The van der Waals surface area contributed by atoms with Gasteiger partial charge in [0.1, 0.15) is 11.6 Å². The lowest BCUT2D eigenvalue weighted by molar-refractivity contribution is 0.120. The van der Waals surface area contributed by atoms with E-state index in [1.807, 2.05) is 37.3 Å². The highest BCUT2D eigenvalue weighted by Crippen LogP contribution is 2.20. The molecule has 1 aromatic carbocycles. The molecule has 1 aliphatic heterocycles. The van der Waals surface area contributed by atoms with Gasteiger partial charge in [0.05, 0.1) is 12.6 Å². The molecular weight excluding hydrogens is 314 g/mol. The monoisotopic (exact) mass is 343 g/mol. The Morgan fingerprint density at radius 2 is 2.04 bits per heavy atom. The maximum Gasteiger partial charge on any atom is 0.147 e. The summed E-state index contributed by atoms with van der Waals surface area (Å²) in [5.41, 5.74) is 0.992. The Hall–Kier alpha value is -1.76. The molecule has 0 saturated carbocycles. The number of hydrogen-bond acceptors (Lipinski definition) is 5. The van der Waals surface area contributed by atoms with Crippen molar-refractivity contribution in [2.24, 2.45) is 0 Å². The van der Waals surface area contributed by atoms with Crippen molar-refractivity contribution >= 4 is 0 Å². The highest BCUT2D eigenvalue weighted by atomic mass is 16.3. The SMILES string of the molecule is CCn1c(C)nnc1CN(C)[C@H]1CCN(C[C@H](O)c2ccccc2)C1. The van der Waals surface area contributed by atoms with E-state index in [-0.39, 0.29) is 0 Å². The van der Waals surface area contributed by atoms with E-state index in [0.29, 0.717) is 12.6 Å². The van der Waals surface area contributed by atoms with Gasteiger partial charge < -0.3 is 9.67 Å². The zero-order valence-electron chi connectivity index (χ0n) is 15.5. The lowest BCUT2D eigenvalue weighted by atomic mass is 10.1. The van der Waals surface area contributed by atoms with E-state index in [1.165, 1.54) is 0 Å². The molecule has 3 rings (SSSR count). The van der Waals surface area contributed by atoms with Crippen LogP contribution < -0.4 is 0 Å². The summed E-state index contributed by atoms with van der Waals surface area (Å²) < 4.78 is 2.17. The molecule has 0 radical (unpaired) electrons. The zero-order chi connectivity index (χ0) is 17.8. The fourth-order valence-corrected chi connectivity index (χ4v) is 3.67. The molecule has 0 bridgehead atoms. The standard InChI is InChI=1S/C19H29N5O/c1-4-24-15(2)20-21-19(24)14-22(3)17-10-11-23(12-17)13-18(25)16-8-6-5-7-9-16/h5-9,17-18,25H,4,10-14H2,1-3H3/t17-,18-/m0/s1. The predicted octanol–water partition coefficient (Wildman–Crippen LogP) is 1.85. The molecule has 0 spiro atoms. The summed E-state index contributed by atoms with van der Waals surface area (Å²) in [6.07, 6.45) is 0.702. The van der Waals surface area contributed by atoms with Gasteiger partial charge in [-0.15, -0.1) is 10.2 Å². The van der Waals surface area contributed by atoms with Gasteiger partial charge in [-0.25, -0.2) is 0 Å². The number of likely N-dealkylation sites (N-methyl/N-ethyl adjacent to an activating group) is 1. The Bertz CT molecular complexity index is 672. The molecule has 2 heterocycles. The van der Waals surface area contributed by atoms with Crippen LogP contribution in [0.3, 0.4) is 0 Å². The number of nitrogens with zero attached hydrogens (tertiary/aromatic N) is 5. The molecule has 1 aromatic heterocycles. The van der Waals surface area contributed by atoms with E-state index in [9.17, 15) is 5.11 Å². The van der Waals surface area contributed by atoms with Crippen molar-refractivity contribution in [2.75, 3.05) is 26.7 Å². The summed E-state index contributed by atoms with van der Waals surface area (Å²) in [6.45, 7) is 8.55. The van der Waals surface area contributed by atoms with Crippen LogP contribution in [0.4, 0.5) is 0 Å². The average Bonchev–Trinajstić information content (AvgIpc) is 3.22. The van der Waals surface area contributed by atoms with Crippen molar-refractivity contribution in [3.05, 3.63) is 47.5 Å². The molecule has 136 valence electrons. The quantitative estimate of drug-likeness (QED) is 0.831. The molecular formula is C19H29N5O. The van der Waals surface area contributed by atoms with Crippen LogP contribution in [0.1, 0.15) is 36.7 Å². The van der Waals surface area contributed by atoms with E-state index in [0.717, 1.165) is 49.8 Å². The number of likely N-dealkylation sites (tertiary alicyclic amines) is 1. The van der Waals surface area contributed by atoms with Gasteiger partial charge >= 0.3 is 0 Å². The van der Waals surface area contributed by atoms with Gasteiger partial charge in [-0.3, -0.25) is 9.80 Å². The Kier molecular flexibility index (Phi) is 5.83. The molecule has 1 fully saturated rings. The summed E-state index contributed by atoms with van der Waals surface area (Å²) in [7, 11) is 2.16. The Morgan fingerprint density at radius 1 is 1.28 bits per heavy atom. The van der Waals surface area contributed by atoms with Crippen molar-refractivity contribution in [2.45, 2.75) is 45.5 Å². The second-order valence-corrected chi connectivity index (χ2v) is 6.95. The highest BCUT2D eigenvalue weighted by molar-refractivity contribution is 5.17. The summed E-state index contributed by atoms with van der Waals surface area (Å²) >= 11 is 0. The summed E-state index contributed by atoms with van der Waals surface area (Å²) in [5.74, 6) is 2.01. The van der Waals surface area contributed by atoms with Crippen LogP contribution in [0.15, 0.2) is 30.3 Å². The largest absolute Gasteiger partial charge is 0.387 e. The third kappa shape index (κ3) is 4.26. The van der Waals surface area contributed by atoms with Crippen LogP contribution in [0, 0.1) is 6.92 Å². The van der Waals surface area contributed by atoms with Crippen LogP contribution in [0.2, 0.25) is 0 Å². The summed E-state index contributed by atoms with van der Waals surface area (Å²) in [5, 5.41) is 19.0. The van der Waals surface area contributed by atoms with Crippen LogP contribution in [0.5, 0.6) is 0 Å². The first-order valence-corrected chi connectivity index (χ1v) is 9.12. The molecule has 0 aliphatic carbocycles. The minimum atomic E-state index is -0.420. The van der Waals surface area contributed by atoms with Gasteiger partial charge in [0.15, 0.2) is 0 Å². The molecule has 2 atom stereocenters. The second kappa shape index (κ2) is 8.08. The van der Waals surface area contributed by atoms with Gasteiger partial charge in [0, 0.05) is 25.7 Å². The number of rotatable bonds is 7. The van der Waals surface area contributed by atoms with E-state index < -0.39 is 6.10 Å². The molecule has 25 heavy (non-hydrogen) atoms. The molecule has 6 nitrogen and oxygen atoms in total. The van der Waals surface area contributed by atoms with Gasteiger partial charge in [-0.2, -0.15) is 0 Å². The van der Waals surface area contributed by atoms with Crippen molar-refractivity contribution < 1.29 is 5.11 Å². The van der Waals surface area contributed by atoms with E-state index >= 15 is 0 Å². The van der Waals surface area contributed by atoms with E-state index in [2.05, 4.69) is 38.5 Å². The fraction of sp³-hybridized carbons (Fsp3) is 0.579. The molecule has 6 heteroatoms. The average molecular weight is 343 g/mol. The smallest absolute Gasteiger partial charge is 0.147 e. The highest BCUT2D eigenvalue weighted by Gasteiger charge is 2.28. The molecule has 1 N–H and O–H groups in total. The normalized spacial score (nSPS) is 19.6. The van der Waals surface area contributed by atoms with Crippen molar-refractivity contribution in [3.8, 4) is 0 Å². The van der Waals surface area contributed by atoms with Gasteiger partial charge in [-0.1, -0.05) is 30.3 Å². The van der Waals surface area contributed by atoms with Crippen molar-refractivity contribution in [1.82, 2.24) is 24.6 Å². The Labute approximate surface area is 150 Å². The summed E-state index contributed by atoms with van der Waals surface area (Å²) in [6, 6.07) is 10.4. The number of benzene rings is 1. The number of hydrogen-bond donors (Lipinski definition) is 1. The number of aryl methyl sites for hydroxylation is 1. The van der Waals surface area contributed by atoms with Crippen molar-refractivity contribution in [1.29, 1.82) is 0 Å². The number of aliphatic hydroxyl groups excluding tert-OH is 1. The minimum absolute atomic E-state index is 0.420. The first kappa shape index (κ1) is 18.0. The third-order valence-corrected chi connectivity index (χ3v) is 5.21. The Morgan fingerprint density at radius 3 is 2.76 bits per heavy atom. The molecule has 2 aromatic rings. The first-order valence-electron chi connectivity index (χ1n) is 9.12. The lowest BCUT2D eigenvalue weighted by Gasteiger charge is -2.25. The molecule has 0 amide bonds. The van der Waals surface area contributed by atoms with Gasteiger partial charge in [0.25, 0.3) is 0 Å². The van der Waals surface area contributed by atoms with Crippen LogP contribution >= 0.6 is 0 Å². The lowest BCUT2D eigenvalue weighted by Crippen LogP contribution is -2.36. The number of aromatic nitrogens is 3. The maximum atomic E-state index is 10.4. The van der Waals surface area contributed by atoms with E-state index in [4.69, 9.17) is 0 Å². The molecule has 1 saturated heterocycles.